The van der Waals surface area contributed by atoms with Gasteiger partial charge in [-0.1, -0.05) is 188 Å². The Morgan fingerprint density at radius 1 is 0.283 bits per heavy atom. The van der Waals surface area contributed by atoms with E-state index < -0.39 is 0 Å². The Balaban J connectivity index is 1.19. The van der Waals surface area contributed by atoms with E-state index in [0.29, 0.717) is 0 Å². The molecule has 12 aromatic rings. The maximum Gasteiger partial charge on any atom is 0.0555 e. The molecule has 0 bridgehead atoms. The average Bonchev–Trinajstić information content (AvgIpc) is 3.71. The van der Waals surface area contributed by atoms with Gasteiger partial charge in [-0.25, -0.2) is 0 Å². The molecule has 0 saturated carbocycles. The Labute approximate surface area is 352 Å². The number of anilines is 3. The van der Waals surface area contributed by atoms with E-state index in [9.17, 15) is 0 Å². The summed E-state index contributed by atoms with van der Waals surface area (Å²) in [6, 6.07) is 82.7. The number of thiophene rings is 1. The van der Waals surface area contributed by atoms with Gasteiger partial charge in [0.15, 0.2) is 0 Å². The molecule has 2 heteroatoms. The minimum absolute atomic E-state index is 1.13. The molecule has 0 saturated heterocycles. The largest absolute Gasteiger partial charge is 0.309 e. The molecular formula is C58H37NS. The third kappa shape index (κ3) is 5.46. The van der Waals surface area contributed by atoms with Crippen molar-refractivity contribution < 1.29 is 0 Å². The van der Waals surface area contributed by atoms with Gasteiger partial charge in [-0.05, 0) is 102 Å². The highest BCUT2D eigenvalue weighted by Gasteiger charge is 2.25. The van der Waals surface area contributed by atoms with Gasteiger partial charge in [0.05, 0.1) is 17.1 Å². The van der Waals surface area contributed by atoms with Crippen LogP contribution < -0.4 is 4.90 Å². The maximum absolute atomic E-state index is 2.55. The second kappa shape index (κ2) is 14.1. The van der Waals surface area contributed by atoms with Crippen molar-refractivity contribution in [1.82, 2.24) is 0 Å². The lowest BCUT2D eigenvalue weighted by Gasteiger charge is -2.30. The molecule has 280 valence electrons. The van der Waals surface area contributed by atoms with Gasteiger partial charge in [-0.15, -0.1) is 11.3 Å². The molecule has 0 fully saturated rings. The summed E-state index contributed by atoms with van der Waals surface area (Å²) in [5.74, 6) is 0. The van der Waals surface area contributed by atoms with Crippen LogP contribution in [-0.4, -0.2) is 0 Å². The number of rotatable bonds is 6. The molecule has 0 aliphatic rings. The van der Waals surface area contributed by atoms with Crippen LogP contribution in [0.3, 0.4) is 0 Å². The van der Waals surface area contributed by atoms with Crippen molar-refractivity contribution in [2.45, 2.75) is 0 Å². The summed E-state index contributed by atoms with van der Waals surface area (Å²) in [6.07, 6.45) is 0. The average molecular weight is 780 g/mol. The van der Waals surface area contributed by atoms with E-state index in [4.69, 9.17) is 0 Å². The monoisotopic (exact) mass is 779 g/mol. The fraction of sp³-hybridized carbons (Fsp3) is 0. The van der Waals surface area contributed by atoms with Crippen molar-refractivity contribution in [1.29, 1.82) is 0 Å². The first-order valence-corrected chi connectivity index (χ1v) is 21.4. The first-order valence-electron chi connectivity index (χ1n) is 20.6. The third-order valence-electron chi connectivity index (χ3n) is 12.2. The van der Waals surface area contributed by atoms with E-state index in [-0.39, 0.29) is 0 Å². The van der Waals surface area contributed by atoms with Crippen LogP contribution in [0.4, 0.5) is 17.1 Å². The molecule has 60 heavy (non-hydrogen) atoms. The van der Waals surface area contributed by atoms with Gasteiger partial charge in [-0.2, -0.15) is 0 Å². The summed E-state index contributed by atoms with van der Waals surface area (Å²) in [7, 11) is 0. The van der Waals surface area contributed by atoms with Crippen LogP contribution in [-0.2, 0) is 0 Å². The number of hydrogen-bond donors (Lipinski definition) is 0. The van der Waals surface area contributed by atoms with Gasteiger partial charge < -0.3 is 4.90 Å². The van der Waals surface area contributed by atoms with Gasteiger partial charge in [0.25, 0.3) is 0 Å². The van der Waals surface area contributed by atoms with Crippen LogP contribution in [0.2, 0.25) is 0 Å². The Morgan fingerprint density at radius 2 is 0.817 bits per heavy atom. The van der Waals surface area contributed by atoms with Crippen LogP contribution in [0, 0.1) is 0 Å². The lowest BCUT2D eigenvalue weighted by atomic mass is 9.84. The van der Waals surface area contributed by atoms with Crippen molar-refractivity contribution in [2.24, 2.45) is 0 Å². The number of benzene rings is 11. The van der Waals surface area contributed by atoms with Gasteiger partial charge in [0.2, 0.25) is 0 Å². The number of hydrogen-bond acceptors (Lipinski definition) is 2. The number of fused-ring (bicyclic) bond motifs is 9. The van der Waals surface area contributed by atoms with E-state index in [0.717, 1.165) is 11.4 Å². The summed E-state index contributed by atoms with van der Waals surface area (Å²) < 4.78 is 2.57. The first kappa shape index (κ1) is 34.5. The SMILES string of the molecule is c1ccc(-c2c(-c3ccccc3)c3cc(-c4ccccc4N(c4cc5ccccc5c5ccccc45)c4cccc5sc6ccccc6c45)ccc3c3ccccc23)cc1. The zero-order chi connectivity index (χ0) is 39.6. The molecule has 1 nitrogen and oxygen atoms in total. The Morgan fingerprint density at radius 3 is 1.58 bits per heavy atom. The van der Waals surface area contributed by atoms with Gasteiger partial charge in [0.1, 0.15) is 0 Å². The van der Waals surface area contributed by atoms with Crippen molar-refractivity contribution >= 4 is 91.7 Å². The van der Waals surface area contributed by atoms with Crippen molar-refractivity contribution in [3.8, 4) is 33.4 Å². The Bertz CT molecular complexity index is 3600. The molecule has 0 radical (unpaired) electrons. The molecule has 0 aliphatic heterocycles. The summed E-state index contributed by atoms with van der Waals surface area (Å²) in [5.41, 5.74) is 10.7. The summed E-state index contributed by atoms with van der Waals surface area (Å²) in [5, 5.41) is 12.5. The molecule has 0 aliphatic carbocycles. The number of para-hydroxylation sites is 1. The normalized spacial score (nSPS) is 11.7. The van der Waals surface area contributed by atoms with E-state index in [1.807, 2.05) is 11.3 Å². The van der Waals surface area contributed by atoms with Gasteiger partial charge in [0, 0.05) is 31.1 Å². The topological polar surface area (TPSA) is 3.24 Å². The summed E-state index contributed by atoms with van der Waals surface area (Å²) in [6.45, 7) is 0. The van der Waals surface area contributed by atoms with Crippen molar-refractivity contribution in [2.75, 3.05) is 4.90 Å². The van der Waals surface area contributed by atoms with Crippen LogP contribution in [0.5, 0.6) is 0 Å². The second-order valence-electron chi connectivity index (χ2n) is 15.6. The highest BCUT2D eigenvalue weighted by molar-refractivity contribution is 7.26. The van der Waals surface area contributed by atoms with Gasteiger partial charge >= 0.3 is 0 Å². The van der Waals surface area contributed by atoms with Crippen LogP contribution in [0.1, 0.15) is 0 Å². The van der Waals surface area contributed by atoms with E-state index >= 15 is 0 Å². The molecule has 12 rings (SSSR count). The predicted molar refractivity (Wildman–Crippen MR) is 260 cm³/mol. The van der Waals surface area contributed by atoms with E-state index in [1.54, 1.807) is 0 Å². The van der Waals surface area contributed by atoms with Crippen LogP contribution >= 0.6 is 11.3 Å². The standard InChI is InChI=1S/C58H37NS/c1-3-18-38(19-4-1)56-48-28-12-10-26-45(48)46-35-34-41(36-50(46)57(56)39-20-5-2-6-21-39)43-24-13-15-30-51(43)59(52-31-17-33-55-58(52)49-29-14-16-32-54(49)60-55)53-37-40-22-7-8-23-42(40)44-25-9-11-27-47(44)53/h1-37H. The van der Waals surface area contributed by atoms with E-state index in [2.05, 4.69) is 229 Å². The molecule has 11 aromatic carbocycles. The first-order chi connectivity index (χ1) is 29.8. The molecule has 1 aromatic heterocycles. The zero-order valence-electron chi connectivity index (χ0n) is 32.7. The van der Waals surface area contributed by atoms with Crippen LogP contribution in [0.15, 0.2) is 224 Å². The highest BCUT2D eigenvalue weighted by atomic mass is 32.1. The molecule has 0 unspecified atom stereocenters. The van der Waals surface area contributed by atoms with Crippen molar-refractivity contribution in [3.05, 3.63) is 224 Å². The molecule has 0 spiro atoms. The fourth-order valence-corrected chi connectivity index (χ4v) is 10.8. The highest BCUT2D eigenvalue weighted by Crippen LogP contribution is 2.51. The molecular weight excluding hydrogens is 743 g/mol. The minimum Gasteiger partial charge on any atom is -0.309 e. The fourth-order valence-electron chi connectivity index (χ4n) is 9.63. The second-order valence-corrected chi connectivity index (χ2v) is 16.6. The maximum atomic E-state index is 2.55. The molecule has 0 amide bonds. The predicted octanol–water partition coefficient (Wildman–Crippen LogP) is 17.1. The minimum atomic E-state index is 1.13. The quantitative estimate of drug-likeness (QED) is 0.152. The number of nitrogens with zero attached hydrogens (tertiary/aromatic N) is 1. The van der Waals surface area contributed by atoms with Crippen LogP contribution in [0.25, 0.3) is 96.6 Å². The lowest BCUT2D eigenvalue weighted by Crippen LogP contribution is -2.12. The van der Waals surface area contributed by atoms with E-state index in [1.165, 1.54) is 102 Å². The Kier molecular flexibility index (Phi) is 8.11. The zero-order valence-corrected chi connectivity index (χ0v) is 33.5. The lowest BCUT2D eigenvalue weighted by molar-refractivity contribution is 1.32. The Hall–Kier alpha value is -7.52. The molecule has 0 N–H and O–H groups in total. The summed E-state index contributed by atoms with van der Waals surface area (Å²) >= 11 is 1.86. The summed E-state index contributed by atoms with van der Waals surface area (Å²) in [4.78, 5) is 2.55. The molecule has 1 heterocycles. The molecule has 0 atom stereocenters. The van der Waals surface area contributed by atoms with Crippen molar-refractivity contribution in [3.63, 3.8) is 0 Å². The van der Waals surface area contributed by atoms with Gasteiger partial charge in [-0.3, -0.25) is 0 Å². The third-order valence-corrected chi connectivity index (χ3v) is 13.4. The smallest absolute Gasteiger partial charge is 0.0555 e.